The average molecular weight is 335 g/mol. The lowest BCUT2D eigenvalue weighted by atomic mass is 9.99. The number of methoxy groups -OCH3 is 1. The summed E-state index contributed by atoms with van der Waals surface area (Å²) in [5, 5.41) is 13.9. The minimum absolute atomic E-state index is 0.0541. The first-order valence-corrected chi connectivity index (χ1v) is 7.19. The summed E-state index contributed by atoms with van der Waals surface area (Å²) in [6, 6.07) is 10.9. The smallest absolute Gasteiger partial charge is 0.269 e. The lowest BCUT2D eigenvalue weighted by Crippen LogP contribution is -2.19. The highest BCUT2D eigenvalue weighted by molar-refractivity contribution is 6.33. The summed E-state index contributed by atoms with van der Waals surface area (Å²) in [5.74, 6) is -0.328. The van der Waals surface area contributed by atoms with Gasteiger partial charge in [-0.1, -0.05) is 23.7 Å². The molecule has 120 valence electrons. The zero-order valence-corrected chi connectivity index (χ0v) is 13.3. The van der Waals surface area contributed by atoms with Crippen LogP contribution in [0.3, 0.4) is 0 Å². The fraction of sp³-hybridized carbons (Fsp3) is 0.188. The van der Waals surface area contributed by atoms with E-state index >= 15 is 0 Å². The second-order valence-electron chi connectivity index (χ2n) is 4.91. The van der Waals surface area contributed by atoms with Gasteiger partial charge in [-0.05, 0) is 24.6 Å². The normalized spacial score (nSPS) is 11.6. The first kappa shape index (κ1) is 16.8. The maximum atomic E-state index is 12.4. The number of nitrogens with one attached hydrogen (secondary N) is 1. The van der Waals surface area contributed by atoms with Gasteiger partial charge in [0.15, 0.2) is 0 Å². The number of anilines is 1. The number of non-ortho nitro benzene ring substituents is 1. The molecule has 1 atom stereocenters. The van der Waals surface area contributed by atoms with Crippen LogP contribution >= 0.6 is 11.6 Å². The van der Waals surface area contributed by atoms with Gasteiger partial charge in [-0.15, -0.1) is 0 Å². The molecule has 0 aliphatic rings. The van der Waals surface area contributed by atoms with Gasteiger partial charge in [0.25, 0.3) is 5.69 Å². The summed E-state index contributed by atoms with van der Waals surface area (Å²) >= 11 is 6.06. The third kappa shape index (κ3) is 3.98. The highest BCUT2D eigenvalue weighted by atomic mass is 35.5. The molecule has 0 unspecified atom stereocenters. The number of nitro groups is 1. The van der Waals surface area contributed by atoms with Gasteiger partial charge >= 0.3 is 0 Å². The number of carbonyl (C=O) groups is 1. The lowest BCUT2D eigenvalue weighted by molar-refractivity contribution is -0.384. The van der Waals surface area contributed by atoms with E-state index in [1.54, 1.807) is 37.3 Å². The van der Waals surface area contributed by atoms with E-state index in [0.29, 0.717) is 22.0 Å². The first-order valence-electron chi connectivity index (χ1n) is 6.81. The molecule has 0 bridgehead atoms. The van der Waals surface area contributed by atoms with Crippen molar-refractivity contribution in [1.82, 2.24) is 0 Å². The summed E-state index contributed by atoms with van der Waals surface area (Å²) in [7, 11) is 1.51. The van der Waals surface area contributed by atoms with Crippen LogP contribution in [0.15, 0.2) is 42.5 Å². The van der Waals surface area contributed by atoms with E-state index in [0.717, 1.165) is 0 Å². The molecular weight excluding hydrogens is 320 g/mol. The molecular formula is C16H15ClN2O4. The van der Waals surface area contributed by atoms with Crippen molar-refractivity contribution in [3.05, 3.63) is 63.2 Å². The van der Waals surface area contributed by atoms with Crippen molar-refractivity contribution < 1.29 is 14.5 Å². The van der Waals surface area contributed by atoms with Gasteiger partial charge in [0.1, 0.15) is 5.75 Å². The third-order valence-electron chi connectivity index (χ3n) is 3.41. The van der Waals surface area contributed by atoms with E-state index in [-0.39, 0.29) is 11.6 Å². The Morgan fingerprint density at radius 1 is 1.30 bits per heavy atom. The summed E-state index contributed by atoms with van der Waals surface area (Å²) in [4.78, 5) is 22.7. The Bertz CT molecular complexity index is 749. The number of carbonyl (C=O) groups excluding carboxylic acids is 1. The molecule has 1 N–H and O–H groups in total. The second-order valence-corrected chi connectivity index (χ2v) is 5.32. The summed E-state index contributed by atoms with van der Waals surface area (Å²) < 4.78 is 5.09. The molecule has 1 amide bonds. The third-order valence-corrected chi connectivity index (χ3v) is 3.74. The fourth-order valence-corrected chi connectivity index (χ4v) is 2.19. The molecule has 7 heteroatoms. The number of nitro benzene ring substituents is 1. The predicted molar refractivity (Wildman–Crippen MR) is 88.1 cm³/mol. The van der Waals surface area contributed by atoms with Crippen molar-refractivity contribution in [2.75, 3.05) is 12.4 Å². The Labute approximate surface area is 138 Å². The van der Waals surface area contributed by atoms with Gasteiger partial charge in [-0.3, -0.25) is 14.9 Å². The minimum atomic E-state index is -0.572. The van der Waals surface area contributed by atoms with Gasteiger partial charge in [0, 0.05) is 18.2 Å². The van der Waals surface area contributed by atoms with Gasteiger partial charge < -0.3 is 10.1 Å². The van der Waals surface area contributed by atoms with Crippen LogP contribution in [-0.2, 0) is 4.79 Å². The lowest BCUT2D eigenvalue weighted by Gasteiger charge is -2.14. The molecule has 0 aliphatic carbocycles. The van der Waals surface area contributed by atoms with Crippen molar-refractivity contribution in [2.24, 2.45) is 0 Å². The number of amides is 1. The molecule has 0 heterocycles. The molecule has 2 aromatic rings. The van der Waals surface area contributed by atoms with E-state index in [2.05, 4.69) is 5.32 Å². The quantitative estimate of drug-likeness (QED) is 0.662. The van der Waals surface area contributed by atoms with Gasteiger partial charge in [0.2, 0.25) is 5.91 Å². The van der Waals surface area contributed by atoms with E-state index < -0.39 is 10.8 Å². The van der Waals surface area contributed by atoms with Crippen LogP contribution in [0.25, 0.3) is 0 Å². The maximum Gasteiger partial charge on any atom is 0.269 e. The number of nitrogens with zero attached hydrogens (tertiary/aromatic N) is 1. The summed E-state index contributed by atoms with van der Waals surface area (Å²) in [5.41, 5.74) is 0.922. The van der Waals surface area contributed by atoms with E-state index in [1.165, 1.54) is 19.2 Å². The molecule has 6 nitrogen and oxygen atoms in total. The Kier molecular flexibility index (Phi) is 5.18. The van der Waals surface area contributed by atoms with Crippen molar-refractivity contribution in [3.8, 4) is 5.75 Å². The predicted octanol–water partition coefficient (Wildman–Crippen LogP) is 4.00. The number of hydrogen-bond donors (Lipinski definition) is 1. The SMILES string of the molecule is COc1ccc(Cl)c(NC(=O)[C@H](C)c2cccc([N+](=O)[O-])c2)c1. The largest absolute Gasteiger partial charge is 0.497 e. The van der Waals surface area contributed by atoms with E-state index in [1.807, 2.05) is 0 Å². The molecule has 0 fully saturated rings. The molecule has 2 rings (SSSR count). The van der Waals surface area contributed by atoms with Crippen LogP contribution in [0.5, 0.6) is 5.75 Å². The molecule has 0 spiro atoms. The fourth-order valence-electron chi connectivity index (χ4n) is 2.03. The Balaban J connectivity index is 2.20. The molecule has 0 aromatic heterocycles. The van der Waals surface area contributed by atoms with Crippen LogP contribution in [0.2, 0.25) is 5.02 Å². The van der Waals surface area contributed by atoms with Crippen LogP contribution < -0.4 is 10.1 Å². The van der Waals surface area contributed by atoms with Gasteiger partial charge in [0.05, 0.1) is 28.7 Å². The molecule has 0 saturated heterocycles. The molecule has 0 saturated carbocycles. The Morgan fingerprint density at radius 3 is 2.70 bits per heavy atom. The Hall–Kier alpha value is -2.60. The van der Waals surface area contributed by atoms with Crippen molar-refractivity contribution in [2.45, 2.75) is 12.8 Å². The van der Waals surface area contributed by atoms with Crippen LogP contribution in [0.4, 0.5) is 11.4 Å². The second kappa shape index (κ2) is 7.11. The number of ether oxygens (including phenoxy) is 1. The molecule has 0 aliphatic heterocycles. The van der Waals surface area contributed by atoms with Crippen LogP contribution in [-0.4, -0.2) is 17.9 Å². The van der Waals surface area contributed by atoms with Crippen molar-refractivity contribution in [1.29, 1.82) is 0 Å². The summed E-state index contributed by atoms with van der Waals surface area (Å²) in [6.45, 7) is 1.67. The molecule has 23 heavy (non-hydrogen) atoms. The zero-order chi connectivity index (χ0) is 17.0. The number of halogens is 1. The highest BCUT2D eigenvalue weighted by Gasteiger charge is 2.19. The van der Waals surface area contributed by atoms with Crippen LogP contribution in [0, 0.1) is 10.1 Å². The molecule has 2 aromatic carbocycles. The number of rotatable bonds is 5. The van der Waals surface area contributed by atoms with E-state index in [9.17, 15) is 14.9 Å². The Morgan fingerprint density at radius 2 is 2.04 bits per heavy atom. The average Bonchev–Trinajstić information content (AvgIpc) is 2.56. The zero-order valence-electron chi connectivity index (χ0n) is 12.6. The number of hydrogen-bond acceptors (Lipinski definition) is 4. The molecule has 0 radical (unpaired) electrons. The first-order chi connectivity index (χ1) is 10.9. The van der Waals surface area contributed by atoms with E-state index in [4.69, 9.17) is 16.3 Å². The van der Waals surface area contributed by atoms with Gasteiger partial charge in [-0.2, -0.15) is 0 Å². The van der Waals surface area contributed by atoms with Gasteiger partial charge in [-0.25, -0.2) is 0 Å². The standard InChI is InChI=1S/C16H15ClN2O4/c1-10(11-4-3-5-12(8-11)19(21)22)16(20)18-15-9-13(23-2)6-7-14(15)17/h3-10H,1-2H3,(H,18,20)/t10-/m1/s1. The minimum Gasteiger partial charge on any atom is -0.497 e. The monoisotopic (exact) mass is 334 g/mol. The van der Waals surface area contributed by atoms with Crippen LogP contribution in [0.1, 0.15) is 18.4 Å². The highest BCUT2D eigenvalue weighted by Crippen LogP contribution is 2.28. The topological polar surface area (TPSA) is 81.5 Å². The summed E-state index contributed by atoms with van der Waals surface area (Å²) in [6.07, 6.45) is 0. The van der Waals surface area contributed by atoms with Crippen molar-refractivity contribution >= 4 is 28.9 Å². The van der Waals surface area contributed by atoms with Crippen molar-refractivity contribution in [3.63, 3.8) is 0 Å². The maximum absolute atomic E-state index is 12.4. The number of benzene rings is 2.